The Balaban J connectivity index is 1.86. The number of rotatable bonds is 3. The Labute approximate surface area is 116 Å². The minimum Gasteiger partial charge on any atom is -0.317 e. The van der Waals surface area contributed by atoms with E-state index in [-0.39, 0.29) is 5.41 Å². The highest BCUT2D eigenvalue weighted by Crippen LogP contribution is 2.28. The molecule has 0 aromatic heterocycles. The fourth-order valence-corrected chi connectivity index (χ4v) is 3.40. The number of hydrogen-bond acceptors (Lipinski definition) is 2. The van der Waals surface area contributed by atoms with Crippen LogP contribution in [0.1, 0.15) is 39.2 Å². The summed E-state index contributed by atoms with van der Waals surface area (Å²) in [6.07, 6.45) is 2.68. The lowest BCUT2D eigenvalue weighted by Crippen LogP contribution is -2.28. The molecule has 0 radical (unpaired) electrons. The molecule has 1 aliphatic heterocycles. The van der Waals surface area contributed by atoms with Crippen molar-refractivity contribution in [2.24, 2.45) is 5.92 Å². The summed E-state index contributed by atoms with van der Waals surface area (Å²) in [4.78, 5) is 1.42. The van der Waals surface area contributed by atoms with Crippen LogP contribution in [0.4, 0.5) is 0 Å². The van der Waals surface area contributed by atoms with Gasteiger partial charge in [0.25, 0.3) is 0 Å². The third kappa shape index (κ3) is 4.03. The summed E-state index contributed by atoms with van der Waals surface area (Å²) in [6.45, 7) is 9.21. The van der Waals surface area contributed by atoms with Crippen molar-refractivity contribution < 1.29 is 0 Å². The quantitative estimate of drug-likeness (QED) is 0.825. The molecule has 1 nitrogen and oxygen atoms in total. The number of piperidine rings is 1. The molecular weight excluding hydrogens is 238 g/mol. The molecule has 1 fully saturated rings. The molecule has 1 heterocycles. The molecule has 1 aromatic carbocycles. The van der Waals surface area contributed by atoms with E-state index in [0.717, 1.165) is 5.92 Å². The highest BCUT2D eigenvalue weighted by atomic mass is 32.2. The van der Waals surface area contributed by atoms with Gasteiger partial charge in [-0.1, -0.05) is 32.9 Å². The van der Waals surface area contributed by atoms with Gasteiger partial charge in [0.1, 0.15) is 0 Å². The van der Waals surface area contributed by atoms with Crippen molar-refractivity contribution in [1.82, 2.24) is 5.32 Å². The smallest absolute Gasteiger partial charge is 0.00722 e. The van der Waals surface area contributed by atoms with E-state index in [2.05, 4.69) is 50.4 Å². The zero-order valence-electron chi connectivity index (χ0n) is 11.8. The third-order valence-electron chi connectivity index (χ3n) is 3.66. The van der Waals surface area contributed by atoms with E-state index in [1.54, 1.807) is 0 Å². The molecule has 18 heavy (non-hydrogen) atoms. The summed E-state index contributed by atoms with van der Waals surface area (Å²) in [5.74, 6) is 2.18. The van der Waals surface area contributed by atoms with Gasteiger partial charge in [-0.05, 0) is 55.0 Å². The fourth-order valence-electron chi connectivity index (χ4n) is 2.31. The first-order chi connectivity index (χ1) is 8.55. The van der Waals surface area contributed by atoms with Crippen molar-refractivity contribution in [2.45, 2.75) is 43.9 Å². The van der Waals surface area contributed by atoms with Crippen molar-refractivity contribution in [2.75, 3.05) is 18.8 Å². The summed E-state index contributed by atoms with van der Waals surface area (Å²) in [5.41, 5.74) is 1.69. The van der Waals surface area contributed by atoms with E-state index < -0.39 is 0 Å². The van der Waals surface area contributed by atoms with Crippen molar-refractivity contribution in [3.05, 3.63) is 29.8 Å². The van der Waals surface area contributed by atoms with Gasteiger partial charge >= 0.3 is 0 Å². The molecule has 1 aliphatic rings. The second-order valence-corrected chi connectivity index (χ2v) is 7.37. The van der Waals surface area contributed by atoms with Crippen LogP contribution >= 0.6 is 11.8 Å². The first-order valence-corrected chi connectivity index (χ1v) is 7.98. The second kappa shape index (κ2) is 6.12. The first kappa shape index (κ1) is 14.0. The van der Waals surface area contributed by atoms with Gasteiger partial charge in [-0.25, -0.2) is 0 Å². The molecule has 0 atom stereocenters. The Morgan fingerprint density at radius 2 is 1.72 bits per heavy atom. The average Bonchev–Trinajstić information content (AvgIpc) is 2.37. The van der Waals surface area contributed by atoms with Gasteiger partial charge in [0.05, 0.1) is 0 Å². The van der Waals surface area contributed by atoms with E-state index in [1.165, 1.54) is 42.1 Å². The van der Waals surface area contributed by atoms with Gasteiger partial charge in [-0.15, -0.1) is 11.8 Å². The molecule has 0 unspecified atom stereocenters. The number of hydrogen-bond donors (Lipinski definition) is 1. The maximum absolute atomic E-state index is 3.43. The Hall–Kier alpha value is -0.470. The van der Waals surface area contributed by atoms with E-state index in [4.69, 9.17) is 0 Å². The third-order valence-corrected chi connectivity index (χ3v) is 4.91. The van der Waals surface area contributed by atoms with Crippen LogP contribution in [0.2, 0.25) is 0 Å². The monoisotopic (exact) mass is 263 g/mol. The molecular formula is C16H25NS. The molecule has 0 amide bonds. The van der Waals surface area contributed by atoms with Gasteiger partial charge in [0.2, 0.25) is 0 Å². The van der Waals surface area contributed by atoms with Gasteiger partial charge in [-0.3, -0.25) is 0 Å². The lowest BCUT2D eigenvalue weighted by Gasteiger charge is -2.22. The van der Waals surface area contributed by atoms with E-state index in [0.29, 0.717) is 0 Å². The summed E-state index contributed by atoms with van der Waals surface area (Å²) >= 11 is 2.02. The predicted molar refractivity (Wildman–Crippen MR) is 81.5 cm³/mol. The topological polar surface area (TPSA) is 12.0 Å². The molecule has 2 rings (SSSR count). The first-order valence-electron chi connectivity index (χ1n) is 7.00. The molecule has 1 N–H and O–H groups in total. The van der Waals surface area contributed by atoms with Gasteiger partial charge in [0, 0.05) is 10.6 Å². The summed E-state index contributed by atoms with van der Waals surface area (Å²) in [7, 11) is 0. The molecule has 0 spiro atoms. The standard InChI is InChI=1S/C16H25NS/c1-16(2,3)14-4-6-15(7-5-14)18-12-13-8-10-17-11-9-13/h4-7,13,17H,8-12H2,1-3H3. The maximum Gasteiger partial charge on any atom is 0.00722 e. The van der Waals surface area contributed by atoms with Crippen molar-refractivity contribution in [3.8, 4) is 0 Å². The average molecular weight is 263 g/mol. The molecule has 2 heteroatoms. The number of nitrogens with one attached hydrogen (secondary N) is 1. The molecule has 1 aromatic rings. The molecule has 0 bridgehead atoms. The maximum atomic E-state index is 3.43. The fraction of sp³-hybridized carbons (Fsp3) is 0.625. The normalized spacial score (nSPS) is 17.9. The summed E-state index contributed by atoms with van der Waals surface area (Å²) in [6, 6.07) is 9.13. The number of thioether (sulfide) groups is 1. The molecule has 1 saturated heterocycles. The molecule has 100 valence electrons. The Kier molecular flexibility index (Phi) is 4.74. The van der Waals surface area contributed by atoms with Crippen LogP contribution in [0.25, 0.3) is 0 Å². The van der Waals surface area contributed by atoms with Crippen LogP contribution in [0, 0.1) is 5.92 Å². The SMILES string of the molecule is CC(C)(C)c1ccc(SCC2CCNCC2)cc1. The van der Waals surface area contributed by atoms with Crippen LogP contribution in [0.5, 0.6) is 0 Å². The molecule has 0 aliphatic carbocycles. The largest absolute Gasteiger partial charge is 0.317 e. The lowest BCUT2D eigenvalue weighted by atomic mass is 9.87. The predicted octanol–water partition coefficient (Wildman–Crippen LogP) is 4.08. The minimum absolute atomic E-state index is 0.262. The van der Waals surface area contributed by atoms with Crippen LogP contribution in [0.15, 0.2) is 29.2 Å². The van der Waals surface area contributed by atoms with Crippen LogP contribution < -0.4 is 5.32 Å². The summed E-state index contributed by atoms with van der Waals surface area (Å²) < 4.78 is 0. The highest BCUT2D eigenvalue weighted by Gasteiger charge is 2.15. The van der Waals surface area contributed by atoms with Crippen LogP contribution in [-0.2, 0) is 5.41 Å². The van der Waals surface area contributed by atoms with Gasteiger partial charge in [-0.2, -0.15) is 0 Å². The van der Waals surface area contributed by atoms with Gasteiger partial charge < -0.3 is 5.32 Å². The minimum atomic E-state index is 0.262. The zero-order chi connectivity index (χ0) is 13.0. The molecule has 0 saturated carbocycles. The summed E-state index contributed by atoms with van der Waals surface area (Å²) in [5, 5.41) is 3.43. The highest BCUT2D eigenvalue weighted by molar-refractivity contribution is 7.99. The Bertz CT molecular complexity index is 358. The van der Waals surface area contributed by atoms with E-state index in [1.807, 2.05) is 11.8 Å². The van der Waals surface area contributed by atoms with Gasteiger partial charge in [0.15, 0.2) is 0 Å². The van der Waals surface area contributed by atoms with Crippen LogP contribution in [0.3, 0.4) is 0 Å². The second-order valence-electron chi connectivity index (χ2n) is 6.28. The number of benzene rings is 1. The Morgan fingerprint density at radius 3 is 2.28 bits per heavy atom. The zero-order valence-corrected chi connectivity index (χ0v) is 12.6. The Morgan fingerprint density at radius 1 is 1.11 bits per heavy atom. The van der Waals surface area contributed by atoms with Crippen LogP contribution in [-0.4, -0.2) is 18.8 Å². The van der Waals surface area contributed by atoms with Crippen molar-refractivity contribution in [3.63, 3.8) is 0 Å². The van der Waals surface area contributed by atoms with E-state index in [9.17, 15) is 0 Å². The van der Waals surface area contributed by atoms with E-state index >= 15 is 0 Å². The van der Waals surface area contributed by atoms with Crippen molar-refractivity contribution in [1.29, 1.82) is 0 Å². The van der Waals surface area contributed by atoms with Crippen molar-refractivity contribution >= 4 is 11.8 Å². The lowest BCUT2D eigenvalue weighted by molar-refractivity contribution is 0.408.